The standard InChI is InChI=1S/C46H30N4O24S4/c51-39(48-34-16-30(76(64,65)66)12-21-11-29(75-74-73-63)15-33(37(21)34)47-41(53)23-5-25(43(55)56)9-26(6-23)44(57)58)19-2-1-3-20(4-19)40(52)49-35-17-31(77(67,68)69)13-22-14-32(78(70,71)72)18-36(38(22)35)50-42(54)24-7-27(45(59)60)10-28(8-24)46(61)62/h1-18,63H,(H,47,53)(H,48,51)(H,49,52)(H,50,54)(H,55,56)(H,57,58)(H,59,60)(H,61,62)(H,64,65,66)(H,67,68,69)(H,70,71,72). The minimum atomic E-state index is -5.24. The normalized spacial score (nSPS) is 11.6. The van der Waals surface area contributed by atoms with Gasteiger partial charge in [-0.2, -0.15) is 25.3 Å². The smallest absolute Gasteiger partial charge is 0.335 e. The molecular formula is C46H30N4O24S4. The number of carbonyl (C=O) groups is 8. The number of carboxylic acids is 4. The van der Waals surface area contributed by atoms with Gasteiger partial charge in [-0.3, -0.25) is 32.8 Å². The Bertz CT molecular complexity index is 4100. The number of carbonyl (C=O) groups excluding carboxylic acids is 4. The Morgan fingerprint density at radius 2 is 0.667 bits per heavy atom. The van der Waals surface area contributed by atoms with Crippen molar-refractivity contribution in [3.05, 3.63) is 154 Å². The van der Waals surface area contributed by atoms with E-state index in [1.54, 1.807) is 0 Å². The summed E-state index contributed by atoms with van der Waals surface area (Å²) in [5.74, 6) is -11.4. The van der Waals surface area contributed by atoms with Crippen molar-refractivity contribution in [1.29, 1.82) is 0 Å². The van der Waals surface area contributed by atoms with Gasteiger partial charge in [-0.15, -0.1) is 4.33 Å². The highest BCUT2D eigenvalue weighted by Crippen LogP contribution is 2.40. The van der Waals surface area contributed by atoms with Crippen LogP contribution in [-0.4, -0.2) is 112 Å². The van der Waals surface area contributed by atoms with Crippen LogP contribution in [0, 0.1) is 0 Å². The van der Waals surface area contributed by atoms with Crippen LogP contribution >= 0.6 is 12.0 Å². The highest BCUT2D eigenvalue weighted by molar-refractivity contribution is 7.94. The maximum Gasteiger partial charge on any atom is 0.335 e. The molecule has 4 amide bonds. The Kier molecular flexibility index (Phi) is 15.8. The van der Waals surface area contributed by atoms with Crippen molar-refractivity contribution in [1.82, 2.24) is 0 Å². The van der Waals surface area contributed by atoms with Gasteiger partial charge in [-0.05, 0) is 114 Å². The SMILES string of the molecule is O=C(O)c1cc(C(=O)O)cc(C(=O)Nc2cc(SOOO)cc3cc(S(=O)(=O)O)cc(NC(=O)c4cccc(C(=O)Nc5cc(S(=O)(=O)O)cc6cc(S(=O)(=O)O)cc(NC(=O)c7cc(C(=O)O)cc(C(=O)O)c7)c56)c4)c23)c1. The number of anilines is 4. The summed E-state index contributed by atoms with van der Waals surface area (Å²) in [4.78, 5) is 99.9. The fourth-order valence-corrected chi connectivity index (χ4v) is 9.53. The Hall–Kier alpha value is -9.22. The van der Waals surface area contributed by atoms with Gasteiger partial charge in [-0.25, -0.2) is 24.4 Å². The Morgan fingerprint density at radius 3 is 0.974 bits per heavy atom. The molecule has 402 valence electrons. The first-order valence-electron chi connectivity index (χ1n) is 20.8. The lowest BCUT2D eigenvalue weighted by atomic mass is 10.0. The molecule has 0 atom stereocenters. The van der Waals surface area contributed by atoms with Crippen LogP contribution in [0.3, 0.4) is 0 Å². The van der Waals surface area contributed by atoms with Gasteiger partial charge in [0.15, 0.2) is 0 Å². The molecular weight excluding hydrogens is 1120 g/mol. The molecule has 7 aromatic rings. The quantitative estimate of drug-likeness (QED) is 0.0204. The van der Waals surface area contributed by atoms with Crippen molar-refractivity contribution in [3.8, 4) is 0 Å². The van der Waals surface area contributed by atoms with Crippen molar-refractivity contribution in [2.45, 2.75) is 19.6 Å². The largest absolute Gasteiger partial charge is 0.478 e. The number of hydrogen-bond donors (Lipinski definition) is 12. The summed E-state index contributed by atoms with van der Waals surface area (Å²) in [5.41, 5.74) is -6.73. The highest BCUT2D eigenvalue weighted by atomic mass is 32.2. The third-order valence-electron chi connectivity index (χ3n) is 10.8. The minimum Gasteiger partial charge on any atom is -0.478 e. The monoisotopic (exact) mass is 1150 g/mol. The topological polar surface area (TPSA) is 467 Å². The number of rotatable bonds is 18. The summed E-state index contributed by atoms with van der Waals surface area (Å²) < 4.78 is 110. The Labute approximate surface area is 439 Å². The molecule has 0 saturated carbocycles. The second-order valence-electron chi connectivity index (χ2n) is 15.9. The van der Waals surface area contributed by atoms with Gasteiger partial charge in [0.1, 0.15) is 0 Å². The van der Waals surface area contributed by atoms with Crippen LogP contribution in [0.1, 0.15) is 82.9 Å². The Morgan fingerprint density at radius 1 is 0.385 bits per heavy atom. The summed E-state index contributed by atoms with van der Waals surface area (Å²) in [6, 6.07) is 15.4. The van der Waals surface area contributed by atoms with E-state index in [2.05, 4.69) is 30.6 Å². The molecule has 0 fully saturated rings. The lowest BCUT2D eigenvalue weighted by Crippen LogP contribution is -2.18. The predicted octanol–water partition coefficient (Wildman–Crippen LogP) is 5.96. The zero-order chi connectivity index (χ0) is 57.3. The summed E-state index contributed by atoms with van der Waals surface area (Å²) in [6.45, 7) is 0. The van der Waals surface area contributed by atoms with E-state index in [0.29, 0.717) is 24.3 Å². The minimum absolute atomic E-state index is 0.0797. The van der Waals surface area contributed by atoms with Crippen LogP contribution in [0.25, 0.3) is 21.5 Å². The average Bonchev–Trinajstić information content (AvgIpc) is 3.47. The van der Waals surface area contributed by atoms with E-state index in [-0.39, 0.29) is 33.4 Å². The molecule has 0 saturated heterocycles. The second-order valence-corrected chi connectivity index (χ2v) is 21.0. The molecule has 0 aromatic heterocycles. The van der Waals surface area contributed by atoms with Crippen LogP contribution < -0.4 is 21.3 Å². The van der Waals surface area contributed by atoms with Gasteiger partial charge in [0, 0.05) is 37.9 Å². The number of nitrogens with one attached hydrogen (secondary N) is 4. The number of benzene rings is 7. The van der Waals surface area contributed by atoms with Gasteiger partial charge in [0.2, 0.25) is 0 Å². The van der Waals surface area contributed by atoms with Crippen LogP contribution in [-0.2, 0) is 39.7 Å². The first-order chi connectivity index (χ1) is 36.4. The van der Waals surface area contributed by atoms with E-state index in [1.165, 1.54) is 0 Å². The van der Waals surface area contributed by atoms with Crippen LogP contribution in [0.5, 0.6) is 0 Å². The summed E-state index contributed by atoms with van der Waals surface area (Å²) in [5, 5.41) is 58.7. The van der Waals surface area contributed by atoms with Gasteiger partial charge in [-0.1, -0.05) is 11.1 Å². The molecule has 0 aliphatic carbocycles. The second kappa shape index (κ2) is 21.8. The predicted molar refractivity (Wildman–Crippen MR) is 267 cm³/mol. The van der Waals surface area contributed by atoms with Crippen LogP contribution in [0.15, 0.2) is 129 Å². The molecule has 0 radical (unpaired) electrons. The van der Waals surface area contributed by atoms with Crippen LogP contribution in [0.4, 0.5) is 22.7 Å². The number of aromatic carboxylic acids is 4. The van der Waals surface area contributed by atoms with Gasteiger partial charge in [0.05, 0.1) is 71.7 Å². The zero-order valence-corrected chi connectivity index (χ0v) is 41.4. The molecule has 0 spiro atoms. The molecule has 7 aromatic carbocycles. The molecule has 0 bridgehead atoms. The first kappa shape index (κ1) is 56.5. The van der Waals surface area contributed by atoms with E-state index >= 15 is 0 Å². The fraction of sp³-hybridized carbons (Fsp3) is 0. The van der Waals surface area contributed by atoms with E-state index in [0.717, 1.165) is 84.9 Å². The summed E-state index contributed by atoms with van der Waals surface area (Å²) >= 11 is 0.282. The third kappa shape index (κ3) is 12.7. The number of fused-ring (bicyclic) bond motifs is 2. The Balaban J connectivity index is 1.31. The van der Waals surface area contributed by atoms with Gasteiger partial charge >= 0.3 is 23.9 Å². The van der Waals surface area contributed by atoms with Crippen molar-refractivity contribution in [2.75, 3.05) is 21.3 Å². The van der Waals surface area contributed by atoms with E-state index < -0.39 is 165 Å². The van der Waals surface area contributed by atoms with E-state index in [1.807, 2.05) is 0 Å². The molecule has 28 nitrogen and oxygen atoms in total. The summed E-state index contributed by atoms with van der Waals surface area (Å²) in [6.07, 6.45) is 0. The molecule has 78 heavy (non-hydrogen) atoms. The van der Waals surface area contributed by atoms with E-state index in [9.17, 15) is 97.7 Å². The molecule has 0 heterocycles. The third-order valence-corrected chi connectivity index (χ3v) is 13.9. The lowest BCUT2D eigenvalue weighted by Gasteiger charge is -2.17. The average molecular weight is 1150 g/mol. The maximum absolute atomic E-state index is 14.2. The number of amides is 4. The zero-order valence-electron chi connectivity index (χ0n) is 38.1. The first-order valence-corrected chi connectivity index (χ1v) is 25.9. The molecule has 0 aliphatic rings. The van der Waals surface area contributed by atoms with Crippen LogP contribution in [0.2, 0.25) is 0 Å². The highest BCUT2D eigenvalue weighted by Gasteiger charge is 2.26. The van der Waals surface area contributed by atoms with Crippen molar-refractivity contribution >= 4 is 134 Å². The molecule has 7 rings (SSSR count). The number of carboxylic acid groups (broad SMARTS) is 4. The molecule has 12 N–H and O–H groups in total. The number of hydrogen-bond acceptors (Lipinski definition) is 18. The van der Waals surface area contributed by atoms with Crippen molar-refractivity contribution in [2.24, 2.45) is 0 Å². The molecule has 0 aliphatic heterocycles. The van der Waals surface area contributed by atoms with Gasteiger partial charge < -0.3 is 41.7 Å². The van der Waals surface area contributed by atoms with Crippen molar-refractivity contribution in [3.63, 3.8) is 0 Å². The van der Waals surface area contributed by atoms with E-state index in [4.69, 9.17) is 5.26 Å². The molecule has 32 heteroatoms. The molecule has 0 unspecified atom stereocenters. The maximum atomic E-state index is 14.2. The fourth-order valence-electron chi connectivity index (χ4n) is 7.46. The van der Waals surface area contributed by atoms with Gasteiger partial charge in [0.25, 0.3) is 54.0 Å². The summed E-state index contributed by atoms with van der Waals surface area (Å²) in [7, 11) is -15.6. The lowest BCUT2D eigenvalue weighted by molar-refractivity contribution is -0.432. The van der Waals surface area contributed by atoms with Crippen molar-refractivity contribution < 1.29 is 112 Å².